The van der Waals surface area contributed by atoms with Gasteiger partial charge < -0.3 is 15.1 Å². The fourth-order valence-electron chi connectivity index (χ4n) is 1.66. The molecule has 2 heterocycles. The number of furan rings is 1. The number of nitrogens with one attached hydrogen (secondary N) is 2. The maximum absolute atomic E-state index is 11.8. The zero-order valence-corrected chi connectivity index (χ0v) is 11.9. The summed E-state index contributed by atoms with van der Waals surface area (Å²) in [5.41, 5.74) is 0. The third-order valence-electron chi connectivity index (χ3n) is 2.74. The molecule has 0 saturated carbocycles. The minimum atomic E-state index is -0.601. The quantitative estimate of drug-likeness (QED) is 0.853. The SMILES string of the molecule is C[C@H](NC(=O)c1ccco1)C(=O)NCCc1cccs1. The van der Waals surface area contributed by atoms with Gasteiger partial charge in [-0.25, -0.2) is 0 Å². The van der Waals surface area contributed by atoms with Crippen molar-refractivity contribution in [1.29, 1.82) is 0 Å². The van der Waals surface area contributed by atoms with Crippen LogP contribution < -0.4 is 10.6 Å². The summed E-state index contributed by atoms with van der Waals surface area (Å²) in [5, 5.41) is 7.38. The first-order valence-corrected chi connectivity index (χ1v) is 7.19. The number of carbonyl (C=O) groups is 2. The Bertz CT molecular complexity index is 549. The standard InChI is InChI=1S/C14H16N2O3S/c1-10(16-14(18)12-5-2-8-19-12)13(17)15-7-6-11-4-3-9-20-11/h2-5,8-10H,6-7H2,1H3,(H,15,17)(H,16,18)/t10-/m0/s1. The van der Waals surface area contributed by atoms with Crippen LogP contribution in [0.25, 0.3) is 0 Å². The molecule has 0 radical (unpaired) electrons. The molecule has 0 aliphatic heterocycles. The van der Waals surface area contributed by atoms with Crippen LogP contribution >= 0.6 is 11.3 Å². The summed E-state index contributed by atoms with van der Waals surface area (Å²) >= 11 is 1.66. The molecule has 2 N–H and O–H groups in total. The van der Waals surface area contributed by atoms with Crippen molar-refractivity contribution in [1.82, 2.24) is 10.6 Å². The van der Waals surface area contributed by atoms with E-state index in [-0.39, 0.29) is 11.7 Å². The van der Waals surface area contributed by atoms with Crippen molar-refractivity contribution < 1.29 is 14.0 Å². The lowest BCUT2D eigenvalue weighted by molar-refractivity contribution is -0.122. The van der Waals surface area contributed by atoms with E-state index in [1.807, 2.05) is 17.5 Å². The molecule has 0 bridgehead atoms. The molecule has 2 aromatic rings. The van der Waals surface area contributed by atoms with Crippen molar-refractivity contribution >= 4 is 23.2 Å². The van der Waals surface area contributed by atoms with Gasteiger partial charge in [-0.3, -0.25) is 9.59 Å². The molecule has 0 aliphatic rings. The first kappa shape index (κ1) is 14.3. The Balaban J connectivity index is 1.73. The Morgan fingerprint density at radius 2 is 2.20 bits per heavy atom. The molecule has 2 amide bonds. The normalized spacial score (nSPS) is 11.8. The lowest BCUT2D eigenvalue weighted by Crippen LogP contribution is -2.45. The minimum absolute atomic E-state index is 0.197. The molecule has 0 aromatic carbocycles. The van der Waals surface area contributed by atoms with Gasteiger partial charge in [0.2, 0.25) is 5.91 Å². The van der Waals surface area contributed by atoms with Crippen LogP contribution in [0.1, 0.15) is 22.4 Å². The predicted molar refractivity (Wildman–Crippen MR) is 76.7 cm³/mol. The van der Waals surface area contributed by atoms with Crippen molar-refractivity contribution in [2.24, 2.45) is 0 Å². The topological polar surface area (TPSA) is 71.3 Å². The van der Waals surface area contributed by atoms with Crippen molar-refractivity contribution in [2.75, 3.05) is 6.54 Å². The Labute approximate surface area is 121 Å². The lowest BCUT2D eigenvalue weighted by Gasteiger charge is -2.13. The van der Waals surface area contributed by atoms with Crippen LogP contribution in [0.2, 0.25) is 0 Å². The van der Waals surface area contributed by atoms with E-state index in [0.717, 1.165) is 6.42 Å². The summed E-state index contributed by atoms with van der Waals surface area (Å²) in [6, 6.07) is 6.58. The number of hydrogen-bond acceptors (Lipinski definition) is 4. The van der Waals surface area contributed by atoms with E-state index in [4.69, 9.17) is 4.42 Å². The van der Waals surface area contributed by atoms with Gasteiger partial charge in [0.15, 0.2) is 5.76 Å². The number of hydrogen-bond donors (Lipinski definition) is 2. The monoisotopic (exact) mass is 292 g/mol. The molecule has 0 spiro atoms. The highest BCUT2D eigenvalue weighted by molar-refractivity contribution is 7.09. The molecule has 6 heteroatoms. The van der Waals surface area contributed by atoms with Gasteiger partial charge >= 0.3 is 0 Å². The van der Waals surface area contributed by atoms with E-state index in [1.54, 1.807) is 30.4 Å². The molecule has 5 nitrogen and oxygen atoms in total. The second-order valence-electron chi connectivity index (χ2n) is 4.29. The second-order valence-corrected chi connectivity index (χ2v) is 5.33. The zero-order valence-electron chi connectivity index (χ0n) is 11.1. The summed E-state index contributed by atoms with van der Waals surface area (Å²) in [4.78, 5) is 24.7. The number of rotatable bonds is 6. The maximum Gasteiger partial charge on any atom is 0.287 e. The highest BCUT2D eigenvalue weighted by Crippen LogP contribution is 2.08. The van der Waals surface area contributed by atoms with Gasteiger partial charge in [0.05, 0.1) is 6.26 Å². The molecule has 106 valence electrons. The van der Waals surface area contributed by atoms with E-state index < -0.39 is 11.9 Å². The van der Waals surface area contributed by atoms with Crippen LogP contribution in [0.5, 0.6) is 0 Å². The van der Waals surface area contributed by atoms with Crippen LogP contribution in [0.15, 0.2) is 40.3 Å². The van der Waals surface area contributed by atoms with Crippen molar-refractivity contribution in [3.8, 4) is 0 Å². The molecule has 1 atom stereocenters. The number of carbonyl (C=O) groups excluding carboxylic acids is 2. The molecule has 0 aliphatic carbocycles. The summed E-state index contributed by atoms with van der Waals surface area (Å²) in [6.45, 7) is 2.20. The molecule has 2 aromatic heterocycles. The number of amides is 2. The fourth-order valence-corrected chi connectivity index (χ4v) is 2.37. The fraction of sp³-hybridized carbons (Fsp3) is 0.286. The average molecular weight is 292 g/mol. The summed E-state index contributed by atoms with van der Waals surface area (Å²) < 4.78 is 4.96. The van der Waals surface area contributed by atoms with Crippen LogP contribution in [-0.4, -0.2) is 24.4 Å². The lowest BCUT2D eigenvalue weighted by atomic mass is 10.2. The molecular weight excluding hydrogens is 276 g/mol. The summed E-state index contributed by atoms with van der Waals surface area (Å²) in [7, 11) is 0. The summed E-state index contributed by atoms with van der Waals surface area (Å²) in [5.74, 6) is -0.402. The second kappa shape index (κ2) is 6.91. The van der Waals surface area contributed by atoms with Crippen molar-refractivity contribution in [2.45, 2.75) is 19.4 Å². The minimum Gasteiger partial charge on any atom is -0.459 e. The predicted octanol–water partition coefficient (Wildman–Crippen LogP) is 1.82. The van der Waals surface area contributed by atoms with E-state index in [2.05, 4.69) is 10.6 Å². The molecule has 2 rings (SSSR count). The van der Waals surface area contributed by atoms with Crippen LogP contribution in [0.3, 0.4) is 0 Å². The Morgan fingerprint density at radius 1 is 1.35 bits per heavy atom. The van der Waals surface area contributed by atoms with Crippen LogP contribution in [-0.2, 0) is 11.2 Å². The van der Waals surface area contributed by atoms with E-state index in [0.29, 0.717) is 6.54 Å². The van der Waals surface area contributed by atoms with Gasteiger partial charge in [-0.2, -0.15) is 0 Å². The van der Waals surface area contributed by atoms with E-state index >= 15 is 0 Å². The molecule has 0 saturated heterocycles. The van der Waals surface area contributed by atoms with Gasteiger partial charge in [-0.15, -0.1) is 11.3 Å². The largest absolute Gasteiger partial charge is 0.459 e. The highest BCUT2D eigenvalue weighted by Gasteiger charge is 2.17. The Hall–Kier alpha value is -2.08. The van der Waals surface area contributed by atoms with Gasteiger partial charge in [-0.05, 0) is 36.9 Å². The highest BCUT2D eigenvalue weighted by atomic mass is 32.1. The Morgan fingerprint density at radius 3 is 2.85 bits per heavy atom. The average Bonchev–Trinajstić information content (AvgIpc) is 3.11. The Kier molecular flexibility index (Phi) is 4.95. The van der Waals surface area contributed by atoms with Crippen molar-refractivity contribution in [3.05, 3.63) is 46.5 Å². The van der Waals surface area contributed by atoms with Gasteiger partial charge in [-0.1, -0.05) is 6.07 Å². The van der Waals surface area contributed by atoms with E-state index in [1.165, 1.54) is 11.1 Å². The first-order chi connectivity index (χ1) is 9.66. The maximum atomic E-state index is 11.8. The third-order valence-corrected chi connectivity index (χ3v) is 3.67. The van der Waals surface area contributed by atoms with Crippen molar-refractivity contribution in [3.63, 3.8) is 0 Å². The molecular formula is C14H16N2O3S. The zero-order chi connectivity index (χ0) is 14.4. The van der Waals surface area contributed by atoms with Gasteiger partial charge in [0.1, 0.15) is 6.04 Å². The van der Waals surface area contributed by atoms with Crippen LogP contribution in [0.4, 0.5) is 0 Å². The molecule has 20 heavy (non-hydrogen) atoms. The third kappa shape index (κ3) is 3.96. The first-order valence-electron chi connectivity index (χ1n) is 6.31. The van der Waals surface area contributed by atoms with E-state index in [9.17, 15) is 9.59 Å². The van der Waals surface area contributed by atoms with Crippen LogP contribution in [0, 0.1) is 0 Å². The molecule has 0 fully saturated rings. The number of thiophene rings is 1. The molecule has 0 unspecified atom stereocenters. The smallest absolute Gasteiger partial charge is 0.287 e. The van der Waals surface area contributed by atoms with Gasteiger partial charge in [0, 0.05) is 11.4 Å². The summed E-state index contributed by atoms with van der Waals surface area (Å²) in [6.07, 6.45) is 2.21. The van der Waals surface area contributed by atoms with Gasteiger partial charge in [0.25, 0.3) is 5.91 Å².